The van der Waals surface area contributed by atoms with Gasteiger partial charge in [0, 0.05) is 12.8 Å². The summed E-state index contributed by atoms with van der Waals surface area (Å²) in [6.07, 6.45) is 1.65. The van der Waals surface area contributed by atoms with Gasteiger partial charge in [-0.25, -0.2) is 0 Å². The van der Waals surface area contributed by atoms with Crippen molar-refractivity contribution in [2.75, 3.05) is 13.2 Å². The second-order valence-electron chi connectivity index (χ2n) is 2.64. The maximum absolute atomic E-state index is 5.97. The van der Waals surface area contributed by atoms with Gasteiger partial charge in [-0.2, -0.15) is 0 Å². The van der Waals surface area contributed by atoms with Gasteiger partial charge in [0.2, 0.25) is 0 Å². The molecule has 1 heterocycles. The molecule has 1 aromatic heterocycles. The van der Waals surface area contributed by atoms with Gasteiger partial charge in [0.1, 0.15) is 5.69 Å². The Morgan fingerprint density at radius 3 is 2.79 bits per heavy atom. The summed E-state index contributed by atoms with van der Waals surface area (Å²) in [5.41, 5.74) is 0.751. The van der Waals surface area contributed by atoms with Gasteiger partial charge in [0.05, 0.1) is 18.2 Å². The third-order valence-corrected chi connectivity index (χ3v) is 1.96. The van der Waals surface area contributed by atoms with Crippen LogP contribution < -0.4 is 4.74 Å². The molecule has 4 heteroatoms. The molecular weight excluding hydrogens is 202 g/mol. The maximum Gasteiger partial charge on any atom is 0.161 e. The summed E-state index contributed by atoms with van der Waals surface area (Å²) in [4.78, 5) is 4.16. The lowest BCUT2D eigenvalue weighted by atomic mass is 10.3. The molecule has 0 fully saturated rings. The minimum atomic E-state index is 0.437. The van der Waals surface area contributed by atoms with E-state index >= 15 is 0 Å². The molecule has 0 spiro atoms. The number of pyridine rings is 1. The lowest BCUT2D eigenvalue weighted by molar-refractivity contribution is 0.128. The van der Waals surface area contributed by atoms with Gasteiger partial charge in [-0.1, -0.05) is 11.6 Å². The molecule has 0 bridgehead atoms. The number of aromatic nitrogens is 1. The Balaban J connectivity index is 2.83. The van der Waals surface area contributed by atoms with E-state index in [0.717, 1.165) is 5.69 Å². The van der Waals surface area contributed by atoms with Crippen molar-refractivity contribution in [1.29, 1.82) is 0 Å². The minimum Gasteiger partial charge on any atom is -0.490 e. The van der Waals surface area contributed by atoms with E-state index in [-0.39, 0.29) is 0 Å². The topological polar surface area (TPSA) is 31.4 Å². The third kappa shape index (κ3) is 2.86. The Bertz CT molecular complexity index is 291. The van der Waals surface area contributed by atoms with Crippen LogP contribution in [0, 0.1) is 0 Å². The van der Waals surface area contributed by atoms with Gasteiger partial charge >= 0.3 is 0 Å². The van der Waals surface area contributed by atoms with E-state index in [4.69, 9.17) is 21.1 Å². The largest absolute Gasteiger partial charge is 0.490 e. The summed E-state index contributed by atoms with van der Waals surface area (Å²) in [5.74, 6) is 0.630. The molecule has 0 aliphatic carbocycles. The van der Waals surface area contributed by atoms with E-state index in [1.165, 1.54) is 0 Å². The molecule has 14 heavy (non-hydrogen) atoms. The first-order valence-corrected chi connectivity index (χ1v) is 5.01. The quantitative estimate of drug-likeness (QED) is 0.757. The van der Waals surface area contributed by atoms with Gasteiger partial charge in [-0.3, -0.25) is 4.98 Å². The summed E-state index contributed by atoms with van der Waals surface area (Å²) in [6.45, 7) is 5.51. The lowest BCUT2D eigenvalue weighted by Crippen LogP contribution is -2.02. The van der Waals surface area contributed by atoms with E-state index in [9.17, 15) is 0 Å². The number of hydrogen-bond donors (Lipinski definition) is 0. The van der Waals surface area contributed by atoms with Gasteiger partial charge < -0.3 is 9.47 Å². The van der Waals surface area contributed by atoms with Crippen molar-refractivity contribution in [2.45, 2.75) is 20.5 Å². The van der Waals surface area contributed by atoms with E-state index in [2.05, 4.69) is 4.98 Å². The van der Waals surface area contributed by atoms with E-state index in [0.29, 0.717) is 30.6 Å². The first-order valence-electron chi connectivity index (χ1n) is 4.63. The van der Waals surface area contributed by atoms with E-state index < -0.39 is 0 Å². The van der Waals surface area contributed by atoms with Crippen molar-refractivity contribution in [1.82, 2.24) is 4.98 Å². The zero-order valence-corrected chi connectivity index (χ0v) is 9.17. The van der Waals surface area contributed by atoms with Crippen LogP contribution in [0.15, 0.2) is 12.3 Å². The summed E-state index contributed by atoms with van der Waals surface area (Å²) < 4.78 is 10.7. The molecule has 3 nitrogen and oxygen atoms in total. The normalized spacial score (nSPS) is 10.2. The van der Waals surface area contributed by atoms with Crippen molar-refractivity contribution in [2.24, 2.45) is 0 Å². The average molecular weight is 216 g/mol. The highest BCUT2D eigenvalue weighted by Gasteiger charge is 2.08. The fourth-order valence-corrected chi connectivity index (χ4v) is 1.28. The van der Waals surface area contributed by atoms with Crippen LogP contribution in [-0.4, -0.2) is 18.2 Å². The Kier molecular flexibility index (Phi) is 4.70. The Morgan fingerprint density at radius 2 is 2.14 bits per heavy atom. The molecule has 0 aromatic carbocycles. The van der Waals surface area contributed by atoms with Crippen LogP contribution in [0.1, 0.15) is 19.5 Å². The van der Waals surface area contributed by atoms with Crippen LogP contribution >= 0.6 is 11.6 Å². The summed E-state index contributed by atoms with van der Waals surface area (Å²) in [5, 5.41) is 0.580. The average Bonchev–Trinajstić information content (AvgIpc) is 2.19. The van der Waals surface area contributed by atoms with Crippen LogP contribution in [0.5, 0.6) is 5.75 Å². The molecule has 0 N–H and O–H groups in total. The van der Waals surface area contributed by atoms with Crippen molar-refractivity contribution in [3.63, 3.8) is 0 Å². The molecule has 0 atom stereocenters. The van der Waals surface area contributed by atoms with Gasteiger partial charge in [-0.05, 0) is 19.9 Å². The number of rotatable bonds is 5. The summed E-state index contributed by atoms with van der Waals surface area (Å²) >= 11 is 5.97. The second-order valence-corrected chi connectivity index (χ2v) is 3.05. The van der Waals surface area contributed by atoms with Crippen molar-refractivity contribution in [3.8, 4) is 5.75 Å². The summed E-state index contributed by atoms with van der Waals surface area (Å²) in [7, 11) is 0. The number of hydrogen-bond acceptors (Lipinski definition) is 3. The Morgan fingerprint density at radius 1 is 1.36 bits per heavy atom. The number of ether oxygens (including phenoxy) is 2. The Hall–Kier alpha value is -0.800. The zero-order valence-electron chi connectivity index (χ0n) is 8.42. The molecule has 0 aliphatic rings. The molecule has 0 radical (unpaired) electrons. The van der Waals surface area contributed by atoms with Crippen LogP contribution in [0.4, 0.5) is 0 Å². The minimum absolute atomic E-state index is 0.437. The van der Waals surface area contributed by atoms with Crippen molar-refractivity contribution >= 4 is 11.6 Å². The van der Waals surface area contributed by atoms with Crippen molar-refractivity contribution in [3.05, 3.63) is 23.0 Å². The predicted octanol–water partition coefficient (Wildman–Crippen LogP) is 2.67. The predicted molar refractivity (Wildman–Crippen MR) is 55.7 cm³/mol. The highest BCUT2D eigenvalue weighted by atomic mass is 35.5. The molecule has 0 amide bonds. The van der Waals surface area contributed by atoms with Crippen molar-refractivity contribution < 1.29 is 9.47 Å². The van der Waals surface area contributed by atoms with Crippen LogP contribution in [0.25, 0.3) is 0 Å². The smallest absolute Gasteiger partial charge is 0.161 e. The van der Waals surface area contributed by atoms with E-state index in [1.54, 1.807) is 12.3 Å². The van der Waals surface area contributed by atoms with Crippen LogP contribution in [-0.2, 0) is 11.3 Å². The molecule has 0 unspecified atom stereocenters. The molecule has 0 aliphatic heterocycles. The number of nitrogens with zero attached hydrogens (tertiary/aromatic N) is 1. The van der Waals surface area contributed by atoms with Crippen LogP contribution in [0.2, 0.25) is 5.02 Å². The molecule has 78 valence electrons. The first kappa shape index (κ1) is 11.3. The molecular formula is C10H14ClNO2. The first-order chi connectivity index (χ1) is 6.79. The van der Waals surface area contributed by atoms with Crippen LogP contribution in [0.3, 0.4) is 0 Å². The molecule has 1 rings (SSSR count). The highest BCUT2D eigenvalue weighted by Crippen LogP contribution is 2.27. The third-order valence-electron chi connectivity index (χ3n) is 1.66. The maximum atomic E-state index is 5.97. The van der Waals surface area contributed by atoms with Gasteiger partial charge in [0.15, 0.2) is 5.75 Å². The highest BCUT2D eigenvalue weighted by molar-refractivity contribution is 6.32. The van der Waals surface area contributed by atoms with Gasteiger partial charge in [-0.15, -0.1) is 0 Å². The second kappa shape index (κ2) is 5.83. The van der Waals surface area contributed by atoms with Gasteiger partial charge in [0.25, 0.3) is 0 Å². The Labute approximate surface area is 89.0 Å². The fourth-order valence-electron chi connectivity index (χ4n) is 1.06. The molecule has 0 saturated carbocycles. The summed E-state index contributed by atoms with van der Waals surface area (Å²) in [6, 6.07) is 1.71. The molecule has 0 saturated heterocycles. The number of halogens is 1. The zero-order chi connectivity index (χ0) is 10.4. The SMILES string of the molecule is CCOCc1nccc(Cl)c1OCC. The van der Waals surface area contributed by atoms with E-state index in [1.807, 2.05) is 13.8 Å². The lowest BCUT2D eigenvalue weighted by Gasteiger charge is -2.10. The molecule has 1 aromatic rings. The fraction of sp³-hybridized carbons (Fsp3) is 0.500. The standard InChI is InChI=1S/C10H14ClNO2/c1-3-13-7-9-10(14-4-2)8(11)5-6-12-9/h5-6H,3-4,7H2,1-2H3. The monoisotopic (exact) mass is 215 g/mol.